The van der Waals surface area contributed by atoms with Crippen LogP contribution in [0.1, 0.15) is 53.9 Å². The van der Waals surface area contributed by atoms with Crippen LogP contribution in [0.25, 0.3) is 0 Å². The Bertz CT molecular complexity index is 323. The molecule has 0 aliphatic carbocycles. The number of amides is 1. The monoisotopic (exact) mass is 257 g/mol. The molecule has 0 aromatic rings. The van der Waals surface area contributed by atoms with Gasteiger partial charge in [-0.2, -0.15) is 0 Å². The average molecular weight is 257 g/mol. The number of ether oxygens (including phenoxy) is 1. The third kappa shape index (κ3) is 7.04. The van der Waals surface area contributed by atoms with Crippen molar-refractivity contribution in [3.05, 3.63) is 0 Å². The van der Waals surface area contributed by atoms with Crippen molar-refractivity contribution in [1.82, 2.24) is 5.32 Å². The maximum Gasteiger partial charge on any atom is 0.408 e. The van der Waals surface area contributed by atoms with Crippen LogP contribution in [0.4, 0.5) is 4.79 Å². The fourth-order valence-corrected chi connectivity index (χ4v) is 1.22. The second kappa shape index (κ2) is 7.13. The van der Waals surface area contributed by atoms with E-state index in [1.807, 2.05) is 6.92 Å². The van der Waals surface area contributed by atoms with Gasteiger partial charge >= 0.3 is 6.09 Å². The minimum atomic E-state index is -0.658. The summed E-state index contributed by atoms with van der Waals surface area (Å²) in [7, 11) is 0. The van der Waals surface area contributed by atoms with Gasteiger partial charge in [-0.3, -0.25) is 4.79 Å². The smallest absolute Gasteiger partial charge is 0.408 e. The first-order chi connectivity index (χ1) is 8.18. The van der Waals surface area contributed by atoms with Gasteiger partial charge in [0.2, 0.25) is 0 Å². The molecule has 0 bridgehead atoms. The number of nitrogens with one attached hydrogen (secondary N) is 1. The number of ketones is 2. The molecule has 5 heteroatoms. The first-order valence-electron chi connectivity index (χ1n) is 6.17. The Labute approximate surface area is 108 Å². The lowest BCUT2D eigenvalue weighted by molar-refractivity contribution is -0.120. The van der Waals surface area contributed by atoms with Crippen LogP contribution in [0.5, 0.6) is 0 Å². The molecule has 0 saturated heterocycles. The fraction of sp³-hybridized carbons (Fsp3) is 0.769. The lowest BCUT2D eigenvalue weighted by Crippen LogP contribution is -2.43. The molecule has 0 spiro atoms. The molecule has 0 heterocycles. The molecule has 1 N–H and O–H groups in total. The Morgan fingerprint density at radius 2 is 1.78 bits per heavy atom. The van der Waals surface area contributed by atoms with Crippen LogP contribution in [0.15, 0.2) is 0 Å². The highest BCUT2D eigenvalue weighted by Gasteiger charge is 2.24. The van der Waals surface area contributed by atoms with Crippen LogP contribution in [0.3, 0.4) is 0 Å². The topological polar surface area (TPSA) is 72.5 Å². The van der Waals surface area contributed by atoms with E-state index in [0.717, 1.165) is 0 Å². The fourth-order valence-electron chi connectivity index (χ4n) is 1.22. The van der Waals surface area contributed by atoms with E-state index >= 15 is 0 Å². The van der Waals surface area contributed by atoms with Crippen molar-refractivity contribution in [3.63, 3.8) is 0 Å². The van der Waals surface area contributed by atoms with Crippen molar-refractivity contribution < 1.29 is 19.1 Å². The van der Waals surface area contributed by atoms with Crippen molar-refractivity contribution in [2.24, 2.45) is 0 Å². The third-order valence-corrected chi connectivity index (χ3v) is 2.79. The molecule has 5 nitrogen and oxygen atoms in total. The first kappa shape index (κ1) is 16.6. The van der Waals surface area contributed by atoms with Crippen molar-refractivity contribution in [2.45, 2.75) is 65.5 Å². The van der Waals surface area contributed by atoms with Crippen molar-refractivity contribution in [2.75, 3.05) is 0 Å². The largest absolute Gasteiger partial charge is 0.444 e. The molecule has 1 atom stereocenters. The predicted molar refractivity (Wildman–Crippen MR) is 68.4 cm³/mol. The molecule has 18 heavy (non-hydrogen) atoms. The van der Waals surface area contributed by atoms with Crippen molar-refractivity contribution >= 4 is 17.7 Å². The molecular formula is C13H23NO4. The highest BCUT2D eigenvalue weighted by Crippen LogP contribution is 2.13. The highest BCUT2D eigenvalue weighted by molar-refractivity contribution is 5.86. The summed E-state index contributed by atoms with van der Waals surface area (Å²) in [4.78, 5) is 33.8. The lowest BCUT2D eigenvalue weighted by atomic mass is 10.1. The molecule has 1 amide bonds. The molecule has 0 rings (SSSR count). The summed E-state index contributed by atoms with van der Waals surface area (Å²) in [6, 6.07) is -0.658. The minimum Gasteiger partial charge on any atom is -0.444 e. The zero-order valence-corrected chi connectivity index (χ0v) is 11.8. The zero-order valence-electron chi connectivity index (χ0n) is 11.8. The Morgan fingerprint density at radius 3 is 2.17 bits per heavy atom. The Hall–Kier alpha value is -1.39. The molecule has 0 fully saturated rings. The van der Waals surface area contributed by atoms with Gasteiger partial charge in [0.1, 0.15) is 11.4 Å². The van der Waals surface area contributed by atoms with Gasteiger partial charge < -0.3 is 14.8 Å². The molecule has 0 radical (unpaired) electrons. The van der Waals surface area contributed by atoms with Gasteiger partial charge in [-0.25, -0.2) is 4.79 Å². The number of alkyl carbamates (subject to hydrolysis) is 1. The maximum absolute atomic E-state index is 11.6. The van der Waals surface area contributed by atoms with E-state index in [2.05, 4.69) is 5.32 Å². The SMILES string of the molecule is CCC(C)(C)OC(=O)NC(CCC(C)=O)C(C)=O. The summed E-state index contributed by atoms with van der Waals surface area (Å²) < 4.78 is 5.19. The third-order valence-electron chi connectivity index (χ3n) is 2.79. The zero-order chi connectivity index (χ0) is 14.3. The Morgan fingerprint density at radius 1 is 1.22 bits per heavy atom. The molecule has 0 aliphatic rings. The first-order valence-corrected chi connectivity index (χ1v) is 6.17. The predicted octanol–water partition coefficient (Wildman–Crippen LogP) is 2.23. The van der Waals surface area contributed by atoms with Crippen molar-refractivity contribution in [1.29, 1.82) is 0 Å². The average Bonchev–Trinajstić information content (AvgIpc) is 2.22. The van der Waals surface area contributed by atoms with Gasteiger partial charge in [-0.1, -0.05) is 6.92 Å². The number of carbonyl (C=O) groups is 3. The number of hydrogen-bond acceptors (Lipinski definition) is 4. The highest BCUT2D eigenvalue weighted by atomic mass is 16.6. The second-order valence-electron chi connectivity index (χ2n) is 5.05. The van der Waals surface area contributed by atoms with Crippen LogP contribution < -0.4 is 5.32 Å². The van der Waals surface area contributed by atoms with Crippen LogP contribution in [-0.4, -0.2) is 29.3 Å². The number of Topliss-reactive ketones (excluding diaryl/α,β-unsaturated/α-hetero) is 2. The summed E-state index contributed by atoms with van der Waals surface area (Å²) in [5, 5.41) is 2.50. The van der Waals surface area contributed by atoms with Gasteiger partial charge in [0.25, 0.3) is 0 Å². The lowest BCUT2D eigenvalue weighted by Gasteiger charge is -2.25. The second-order valence-corrected chi connectivity index (χ2v) is 5.05. The van der Waals surface area contributed by atoms with E-state index in [9.17, 15) is 14.4 Å². The minimum absolute atomic E-state index is 0.00898. The normalized spacial score (nSPS) is 12.7. The molecule has 104 valence electrons. The van der Waals surface area contributed by atoms with Gasteiger partial charge in [0, 0.05) is 6.42 Å². The van der Waals surface area contributed by atoms with Gasteiger partial charge in [-0.05, 0) is 40.5 Å². The van der Waals surface area contributed by atoms with Crippen LogP contribution in [-0.2, 0) is 14.3 Å². The van der Waals surface area contributed by atoms with E-state index in [-0.39, 0.29) is 18.0 Å². The van der Waals surface area contributed by atoms with E-state index in [1.54, 1.807) is 13.8 Å². The molecule has 0 aromatic heterocycles. The van der Waals surface area contributed by atoms with Gasteiger partial charge in [-0.15, -0.1) is 0 Å². The van der Waals surface area contributed by atoms with Crippen LogP contribution >= 0.6 is 0 Å². The molecule has 0 aliphatic heterocycles. The summed E-state index contributed by atoms with van der Waals surface area (Å²) in [6.07, 6.45) is 0.637. The molecule has 1 unspecified atom stereocenters. The molecular weight excluding hydrogens is 234 g/mol. The van der Waals surface area contributed by atoms with Crippen LogP contribution in [0.2, 0.25) is 0 Å². The number of hydrogen-bond donors (Lipinski definition) is 1. The van der Waals surface area contributed by atoms with E-state index < -0.39 is 17.7 Å². The summed E-state index contributed by atoms with van der Waals surface area (Å²) in [5.41, 5.74) is -0.563. The van der Waals surface area contributed by atoms with Gasteiger partial charge in [0.05, 0.1) is 6.04 Å². The van der Waals surface area contributed by atoms with Crippen LogP contribution in [0, 0.1) is 0 Å². The summed E-state index contributed by atoms with van der Waals surface area (Å²) in [5.74, 6) is -0.187. The van der Waals surface area contributed by atoms with E-state index in [1.165, 1.54) is 13.8 Å². The number of rotatable bonds is 7. The summed E-state index contributed by atoms with van der Waals surface area (Å²) >= 11 is 0. The molecule has 0 aromatic carbocycles. The molecule has 0 saturated carbocycles. The Balaban J connectivity index is 4.37. The standard InChI is InChI=1S/C13H23NO4/c1-6-13(4,5)18-12(17)14-11(10(3)16)8-7-9(2)15/h11H,6-8H2,1-5H3,(H,14,17). The number of carbonyl (C=O) groups excluding carboxylic acids is 3. The van der Waals surface area contributed by atoms with E-state index in [0.29, 0.717) is 12.8 Å². The Kier molecular flexibility index (Phi) is 6.58. The van der Waals surface area contributed by atoms with E-state index in [4.69, 9.17) is 4.74 Å². The summed E-state index contributed by atoms with van der Waals surface area (Å²) in [6.45, 7) is 8.34. The quantitative estimate of drug-likeness (QED) is 0.759. The maximum atomic E-state index is 11.6. The van der Waals surface area contributed by atoms with Crippen molar-refractivity contribution in [3.8, 4) is 0 Å². The van der Waals surface area contributed by atoms with Gasteiger partial charge in [0.15, 0.2) is 5.78 Å².